The number of nitrogens with zero attached hydrogens (tertiary/aromatic N) is 6. The molecule has 7 rings (SSSR count). The molecule has 1 aromatic carbocycles. The first-order chi connectivity index (χ1) is 18.2. The predicted molar refractivity (Wildman–Crippen MR) is 137 cm³/mol. The predicted octanol–water partition coefficient (Wildman–Crippen LogP) is 3.14. The maximum atomic E-state index is 12.5. The van der Waals surface area contributed by atoms with Crippen LogP contribution in [-0.4, -0.2) is 47.9 Å². The lowest BCUT2D eigenvalue weighted by Crippen LogP contribution is -2.43. The normalized spacial score (nSPS) is 18.5. The molecule has 1 aliphatic carbocycles. The van der Waals surface area contributed by atoms with Gasteiger partial charge in [-0.2, -0.15) is 5.10 Å². The highest BCUT2D eigenvalue weighted by Crippen LogP contribution is 2.36. The van der Waals surface area contributed by atoms with Crippen molar-refractivity contribution in [2.45, 2.75) is 31.4 Å². The minimum absolute atomic E-state index is 0.0155. The summed E-state index contributed by atoms with van der Waals surface area (Å²) in [5, 5.41) is 7.49. The van der Waals surface area contributed by atoms with Crippen molar-refractivity contribution < 1.29 is 9.53 Å². The summed E-state index contributed by atoms with van der Waals surface area (Å²) in [6, 6.07) is 15.7. The number of aryl methyl sites for hydroxylation is 1. The van der Waals surface area contributed by atoms with E-state index in [1.54, 1.807) is 17.1 Å². The number of ether oxygens (including phenoxy) is 1. The highest BCUT2D eigenvalue weighted by Gasteiger charge is 2.31. The Morgan fingerprint density at radius 3 is 2.78 bits per heavy atom. The lowest BCUT2D eigenvalue weighted by Gasteiger charge is -2.27. The Hall–Kier alpha value is -4.57. The standard InChI is InChI=1S/C27H24N8O2/c28-24-19(3-1-11-29-24)25-31-21-8-9-23(34-13-2-12-30-34)33-26(21)35(25)17-5-6-18-16(15-17)4-7-20(18)32-27(36)22-10-14-37-22/h1-3,5-6,8-9,11-13,15,20,22H,4,7,10,14H2,(H2,28,29)(H,32,36)/t20-,22+/m0/s1. The van der Waals surface area contributed by atoms with Gasteiger partial charge in [-0.25, -0.2) is 19.6 Å². The van der Waals surface area contributed by atoms with Gasteiger partial charge in [0.25, 0.3) is 0 Å². The van der Waals surface area contributed by atoms with E-state index in [1.165, 1.54) is 5.56 Å². The van der Waals surface area contributed by atoms with Crippen molar-refractivity contribution in [2.24, 2.45) is 0 Å². The van der Waals surface area contributed by atoms with Crippen molar-refractivity contribution in [1.29, 1.82) is 0 Å². The second-order valence-electron chi connectivity index (χ2n) is 9.30. The van der Waals surface area contributed by atoms with Crippen molar-refractivity contribution in [3.63, 3.8) is 0 Å². The molecule has 10 nitrogen and oxygen atoms in total. The smallest absolute Gasteiger partial charge is 0.249 e. The van der Waals surface area contributed by atoms with E-state index in [0.717, 1.165) is 41.6 Å². The molecule has 2 aliphatic rings. The summed E-state index contributed by atoms with van der Waals surface area (Å²) >= 11 is 0. The molecule has 0 saturated carbocycles. The molecule has 0 spiro atoms. The molecule has 3 N–H and O–H groups in total. The average molecular weight is 493 g/mol. The summed E-state index contributed by atoms with van der Waals surface area (Å²) in [6.45, 7) is 0.654. The molecule has 0 unspecified atom stereocenters. The number of rotatable bonds is 5. The summed E-state index contributed by atoms with van der Waals surface area (Å²) < 4.78 is 9.09. The van der Waals surface area contributed by atoms with E-state index in [1.807, 2.05) is 47.2 Å². The Kier molecular flexibility index (Phi) is 5.00. The Morgan fingerprint density at radius 1 is 1.08 bits per heavy atom. The topological polar surface area (TPSA) is 126 Å². The molecule has 37 heavy (non-hydrogen) atoms. The molecule has 1 aliphatic heterocycles. The van der Waals surface area contributed by atoms with Crippen LogP contribution in [0.15, 0.2) is 67.1 Å². The molecule has 0 radical (unpaired) electrons. The third-order valence-electron chi connectivity index (χ3n) is 7.08. The number of hydrogen-bond donors (Lipinski definition) is 2. The van der Waals surface area contributed by atoms with E-state index in [0.29, 0.717) is 29.7 Å². The number of anilines is 1. The first-order valence-corrected chi connectivity index (χ1v) is 12.3. The molecule has 184 valence electrons. The number of imidazole rings is 1. The van der Waals surface area contributed by atoms with Gasteiger partial charge in [0.15, 0.2) is 17.3 Å². The van der Waals surface area contributed by atoms with E-state index in [9.17, 15) is 4.79 Å². The van der Waals surface area contributed by atoms with Crippen LogP contribution in [0.1, 0.15) is 30.0 Å². The summed E-state index contributed by atoms with van der Waals surface area (Å²) in [4.78, 5) is 26.6. The SMILES string of the molecule is Nc1ncccc1-c1nc2ccc(-n3cccn3)nc2n1-c1ccc2c(c1)CC[C@@H]2NC(=O)[C@H]1CCO1. The maximum Gasteiger partial charge on any atom is 0.249 e. The summed E-state index contributed by atoms with van der Waals surface area (Å²) in [6.07, 6.45) is 7.42. The van der Waals surface area contributed by atoms with E-state index in [4.69, 9.17) is 20.4 Å². The molecule has 5 heterocycles. The van der Waals surface area contributed by atoms with Gasteiger partial charge >= 0.3 is 0 Å². The van der Waals surface area contributed by atoms with Gasteiger partial charge in [-0.1, -0.05) is 6.07 Å². The number of amides is 1. The van der Waals surface area contributed by atoms with E-state index in [-0.39, 0.29) is 18.1 Å². The van der Waals surface area contributed by atoms with Crippen LogP contribution in [-0.2, 0) is 16.0 Å². The Morgan fingerprint density at radius 2 is 2.00 bits per heavy atom. The fraction of sp³-hybridized carbons (Fsp3) is 0.222. The molecular weight excluding hydrogens is 468 g/mol. The van der Waals surface area contributed by atoms with E-state index < -0.39 is 0 Å². The molecule has 1 fully saturated rings. The number of carbonyl (C=O) groups is 1. The van der Waals surface area contributed by atoms with Crippen LogP contribution in [0.25, 0.3) is 34.1 Å². The number of benzene rings is 1. The van der Waals surface area contributed by atoms with Gasteiger partial charge in [0.05, 0.1) is 18.2 Å². The first kappa shape index (κ1) is 21.7. The zero-order valence-corrected chi connectivity index (χ0v) is 19.9. The molecule has 4 aromatic heterocycles. The molecule has 1 saturated heterocycles. The van der Waals surface area contributed by atoms with Gasteiger partial charge in [-0.05, 0) is 66.4 Å². The first-order valence-electron chi connectivity index (χ1n) is 12.3. The maximum absolute atomic E-state index is 12.5. The zero-order chi connectivity index (χ0) is 24.9. The van der Waals surface area contributed by atoms with Crippen LogP contribution in [0.4, 0.5) is 5.82 Å². The van der Waals surface area contributed by atoms with Crippen molar-refractivity contribution in [1.82, 2.24) is 34.6 Å². The number of nitrogens with one attached hydrogen (secondary N) is 1. The van der Waals surface area contributed by atoms with Gasteiger partial charge in [-0.3, -0.25) is 9.36 Å². The van der Waals surface area contributed by atoms with E-state index >= 15 is 0 Å². The van der Waals surface area contributed by atoms with Crippen LogP contribution in [0, 0.1) is 0 Å². The molecular formula is C27H24N8O2. The summed E-state index contributed by atoms with van der Waals surface area (Å²) in [5.41, 5.74) is 11.7. The fourth-order valence-electron chi connectivity index (χ4n) is 5.11. The largest absolute Gasteiger partial charge is 0.383 e. The molecule has 5 aromatic rings. The van der Waals surface area contributed by atoms with Crippen molar-refractivity contribution in [2.75, 3.05) is 12.3 Å². The van der Waals surface area contributed by atoms with Gasteiger partial charge in [0.2, 0.25) is 5.91 Å². The van der Waals surface area contributed by atoms with Crippen LogP contribution in [0.5, 0.6) is 0 Å². The van der Waals surface area contributed by atoms with Gasteiger partial charge < -0.3 is 15.8 Å². The van der Waals surface area contributed by atoms with Crippen LogP contribution in [0.3, 0.4) is 0 Å². The molecule has 0 bridgehead atoms. The number of nitrogens with two attached hydrogens (primary N) is 1. The number of hydrogen-bond acceptors (Lipinski definition) is 7. The number of aromatic nitrogens is 6. The minimum atomic E-state index is -0.316. The van der Waals surface area contributed by atoms with Gasteiger partial charge in [-0.15, -0.1) is 0 Å². The molecule has 1 amide bonds. The summed E-state index contributed by atoms with van der Waals surface area (Å²) in [5.74, 6) is 1.72. The third-order valence-corrected chi connectivity index (χ3v) is 7.08. The second kappa shape index (κ2) is 8.52. The zero-order valence-electron chi connectivity index (χ0n) is 19.9. The lowest BCUT2D eigenvalue weighted by atomic mass is 10.1. The fourth-order valence-corrected chi connectivity index (χ4v) is 5.11. The van der Waals surface area contributed by atoms with Gasteiger partial charge in [0, 0.05) is 30.7 Å². The second-order valence-corrected chi connectivity index (χ2v) is 9.30. The van der Waals surface area contributed by atoms with Crippen LogP contribution in [0.2, 0.25) is 0 Å². The quantitative estimate of drug-likeness (QED) is 0.386. The number of fused-ring (bicyclic) bond motifs is 2. The Labute approximate surface area is 212 Å². The van der Waals surface area contributed by atoms with Crippen LogP contribution < -0.4 is 11.1 Å². The highest BCUT2D eigenvalue weighted by atomic mass is 16.5. The van der Waals surface area contributed by atoms with Crippen molar-refractivity contribution in [3.8, 4) is 22.9 Å². The number of carbonyl (C=O) groups excluding carboxylic acids is 1. The highest BCUT2D eigenvalue weighted by molar-refractivity contribution is 5.84. The Bertz CT molecular complexity index is 1640. The monoisotopic (exact) mass is 492 g/mol. The molecule has 10 heteroatoms. The third kappa shape index (κ3) is 3.64. The number of nitrogen functional groups attached to an aromatic ring is 1. The van der Waals surface area contributed by atoms with Crippen molar-refractivity contribution >= 4 is 22.9 Å². The average Bonchev–Trinajstić information content (AvgIpc) is 3.61. The van der Waals surface area contributed by atoms with Crippen molar-refractivity contribution in [3.05, 3.63) is 78.2 Å². The number of pyridine rings is 2. The Balaban J connectivity index is 1.34. The van der Waals surface area contributed by atoms with Gasteiger partial charge in [0.1, 0.15) is 17.4 Å². The lowest BCUT2D eigenvalue weighted by molar-refractivity contribution is -0.145. The summed E-state index contributed by atoms with van der Waals surface area (Å²) in [7, 11) is 0. The van der Waals surface area contributed by atoms with E-state index in [2.05, 4.69) is 27.5 Å². The van der Waals surface area contributed by atoms with Crippen LogP contribution >= 0.6 is 0 Å². The molecule has 2 atom stereocenters. The minimum Gasteiger partial charge on any atom is -0.383 e.